The summed E-state index contributed by atoms with van der Waals surface area (Å²) in [5.74, 6) is -0.360. The summed E-state index contributed by atoms with van der Waals surface area (Å²) in [5, 5.41) is 7.42. The number of fused-ring (bicyclic) bond motifs is 1. The number of benzene rings is 1. The predicted molar refractivity (Wildman–Crippen MR) is 64.0 cm³/mol. The smallest absolute Gasteiger partial charge is 0.406 e. The third-order valence-corrected chi connectivity index (χ3v) is 2.56. The lowest BCUT2D eigenvalue weighted by Crippen LogP contribution is -2.17. The highest BCUT2D eigenvalue weighted by atomic mass is 19.4. The fraction of sp³-hybridized carbons (Fsp3) is 0.0909. The number of aromatic nitrogens is 5. The van der Waals surface area contributed by atoms with Crippen LogP contribution >= 0.6 is 0 Å². The first-order chi connectivity index (χ1) is 9.94. The fourth-order valence-corrected chi connectivity index (χ4v) is 1.72. The molecule has 0 radical (unpaired) electrons. The molecule has 0 aliphatic heterocycles. The van der Waals surface area contributed by atoms with Crippen molar-refractivity contribution in [1.82, 2.24) is 25.0 Å². The second-order valence-corrected chi connectivity index (χ2v) is 3.95. The molecule has 2 heterocycles. The number of hydrogen-bond donors (Lipinski definition) is 1. The molecule has 0 fully saturated rings. The van der Waals surface area contributed by atoms with Gasteiger partial charge in [0.05, 0.1) is 12.0 Å². The van der Waals surface area contributed by atoms with Crippen LogP contribution in [0.2, 0.25) is 0 Å². The van der Waals surface area contributed by atoms with Crippen LogP contribution in [0.5, 0.6) is 5.75 Å². The molecular formula is C11H6F3N5O2. The molecule has 2 aromatic heterocycles. The summed E-state index contributed by atoms with van der Waals surface area (Å²) in [7, 11) is 0. The van der Waals surface area contributed by atoms with Crippen LogP contribution in [0.25, 0.3) is 16.9 Å². The van der Waals surface area contributed by atoms with Crippen LogP contribution in [-0.4, -0.2) is 31.3 Å². The number of alkyl halides is 3. The number of aromatic amines is 1. The Labute approximate surface area is 114 Å². The van der Waals surface area contributed by atoms with E-state index >= 15 is 0 Å². The van der Waals surface area contributed by atoms with E-state index in [-0.39, 0.29) is 16.9 Å². The van der Waals surface area contributed by atoms with Gasteiger partial charge in [-0.3, -0.25) is 4.79 Å². The van der Waals surface area contributed by atoms with Gasteiger partial charge in [0, 0.05) is 0 Å². The maximum Gasteiger partial charge on any atom is 0.573 e. The third kappa shape index (κ3) is 2.55. The lowest BCUT2D eigenvalue weighted by atomic mass is 10.3. The Bertz CT molecular complexity index is 837. The average molecular weight is 297 g/mol. The summed E-state index contributed by atoms with van der Waals surface area (Å²) in [6.07, 6.45) is -3.57. The van der Waals surface area contributed by atoms with E-state index in [1.165, 1.54) is 23.1 Å². The van der Waals surface area contributed by atoms with Gasteiger partial charge in [0.1, 0.15) is 5.75 Å². The van der Waals surface area contributed by atoms with E-state index in [0.717, 1.165) is 12.1 Å². The number of nitrogens with one attached hydrogen (secondary N) is 1. The highest BCUT2D eigenvalue weighted by molar-refractivity contribution is 5.69. The Morgan fingerprint density at radius 1 is 1.19 bits per heavy atom. The van der Waals surface area contributed by atoms with Gasteiger partial charge in [0.2, 0.25) is 0 Å². The number of H-pyrrole nitrogens is 1. The standard InChI is InChI=1S/C11H6F3N5O2/c12-11(13,14)21-7-3-1-6(2-4-7)19-9-8(17-18-19)10(20)16-5-15-9/h1-5H,(H,15,16,20). The van der Waals surface area contributed by atoms with Crippen LogP contribution < -0.4 is 10.3 Å². The largest absolute Gasteiger partial charge is 0.573 e. The van der Waals surface area contributed by atoms with E-state index in [0.29, 0.717) is 5.69 Å². The molecule has 7 nitrogen and oxygen atoms in total. The van der Waals surface area contributed by atoms with E-state index in [2.05, 4.69) is 25.0 Å². The summed E-state index contributed by atoms with van der Waals surface area (Å²) >= 11 is 0. The summed E-state index contributed by atoms with van der Waals surface area (Å²) < 4.78 is 41.2. The highest BCUT2D eigenvalue weighted by Gasteiger charge is 2.31. The van der Waals surface area contributed by atoms with Crippen molar-refractivity contribution >= 4 is 11.2 Å². The second kappa shape index (κ2) is 4.58. The maximum atomic E-state index is 12.1. The van der Waals surface area contributed by atoms with Gasteiger partial charge in [-0.25, -0.2) is 4.98 Å². The number of hydrogen-bond acceptors (Lipinski definition) is 5. The quantitative estimate of drug-likeness (QED) is 0.772. The van der Waals surface area contributed by atoms with Gasteiger partial charge >= 0.3 is 6.36 Å². The molecule has 0 spiro atoms. The molecule has 0 unspecified atom stereocenters. The van der Waals surface area contributed by atoms with Crippen molar-refractivity contribution in [3.8, 4) is 11.4 Å². The van der Waals surface area contributed by atoms with Crippen LogP contribution in [-0.2, 0) is 0 Å². The summed E-state index contributed by atoms with van der Waals surface area (Å²) in [5.41, 5.74) is 0.171. The molecule has 3 rings (SSSR count). The zero-order chi connectivity index (χ0) is 15.0. The van der Waals surface area contributed by atoms with Crippen LogP contribution in [0, 0.1) is 0 Å². The zero-order valence-corrected chi connectivity index (χ0v) is 10.1. The van der Waals surface area contributed by atoms with Crippen LogP contribution in [0.3, 0.4) is 0 Å². The van der Waals surface area contributed by atoms with Gasteiger partial charge in [-0.2, -0.15) is 4.68 Å². The number of halogens is 3. The van der Waals surface area contributed by atoms with Gasteiger partial charge in [0.25, 0.3) is 5.56 Å². The molecule has 0 amide bonds. The van der Waals surface area contributed by atoms with Gasteiger partial charge in [-0.15, -0.1) is 18.3 Å². The summed E-state index contributed by atoms with van der Waals surface area (Å²) in [6.45, 7) is 0. The Hall–Kier alpha value is -2.91. The molecule has 0 aliphatic rings. The van der Waals surface area contributed by atoms with Crippen LogP contribution in [0.1, 0.15) is 0 Å². The average Bonchev–Trinajstić information content (AvgIpc) is 2.83. The molecule has 21 heavy (non-hydrogen) atoms. The molecule has 1 N–H and O–H groups in total. The third-order valence-electron chi connectivity index (χ3n) is 2.56. The van der Waals surface area contributed by atoms with Crippen molar-refractivity contribution in [1.29, 1.82) is 0 Å². The van der Waals surface area contributed by atoms with Gasteiger partial charge in [-0.1, -0.05) is 5.21 Å². The van der Waals surface area contributed by atoms with Gasteiger partial charge in [0.15, 0.2) is 11.2 Å². The first-order valence-corrected chi connectivity index (χ1v) is 5.59. The van der Waals surface area contributed by atoms with Crippen molar-refractivity contribution < 1.29 is 17.9 Å². The zero-order valence-electron chi connectivity index (χ0n) is 10.1. The number of ether oxygens (including phenoxy) is 1. The molecule has 10 heteroatoms. The van der Waals surface area contributed by atoms with E-state index in [4.69, 9.17) is 0 Å². The first-order valence-electron chi connectivity index (χ1n) is 5.59. The van der Waals surface area contributed by atoms with Gasteiger partial charge < -0.3 is 9.72 Å². The lowest BCUT2D eigenvalue weighted by molar-refractivity contribution is -0.274. The summed E-state index contributed by atoms with van der Waals surface area (Å²) in [4.78, 5) is 17.8. The molecule has 0 bridgehead atoms. The van der Waals surface area contributed by atoms with Crippen molar-refractivity contribution in [2.75, 3.05) is 0 Å². The van der Waals surface area contributed by atoms with Crippen LogP contribution in [0.15, 0.2) is 35.4 Å². The molecule has 1 aromatic carbocycles. The Kier molecular flexibility index (Phi) is 2.85. The lowest BCUT2D eigenvalue weighted by Gasteiger charge is -2.09. The molecular weight excluding hydrogens is 291 g/mol. The van der Waals surface area contributed by atoms with Crippen LogP contribution in [0.4, 0.5) is 13.2 Å². The predicted octanol–water partition coefficient (Wildman–Crippen LogP) is 1.40. The topological polar surface area (TPSA) is 85.7 Å². The van der Waals surface area contributed by atoms with Crippen molar-refractivity contribution in [3.63, 3.8) is 0 Å². The Morgan fingerprint density at radius 2 is 1.90 bits per heavy atom. The number of nitrogens with zero attached hydrogens (tertiary/aromatic N) is 4. The van der Waals surface area contributed by atoms with Gasteiger partial charge in [-0.05, 0) is 24.3 Å². The minimum Gasteiger partial charge on any atom is -0.406 e. The van der Waals surface area contributed by atoms with E-state index in [9.17, 15) is 18.0 Å². The minimum absolute atomic E-state index is 0.0353. The highest BCUT2D eigenvalue weighted by Crippen LogP contribution is 2.23. The Morgan fingerprint density at radius 3 is 2.57 bits per heavy atom. The first kappa shape index (κ1) is 13.1. The van der Waals surface area contributed by atoms with Crippen molar-refractivity contribution in [3.05, 3.63) is 40.9 Å². The molecule has 0 saturated heterocycles. The fourth-order valence-electron chi connectivity index (χ4n) is 1.72. The van der Waals surface area contributed by atoms with Crippen molar-refractivity contribution in [2.45, 2.75) is 6.36 Å². The van der Waals surface area contributed by atoms with E-state index in [1.54, 1.807) is 0 Å². The van der Waals surface area contributed by atoms with E-state index < -0.39 is 11.9 Å². The minimum atomic E-state index is -4.75. The molecule has 0 atom stereocenters. The molecule has 108 valence electrons. The SMILES string of the molecule is O=c1[nH]cnc2c1nnn2-c1ccc(OC(F)(F)F)cc1. The molecule has 0 saturated carbocycles. The normalized spacial score (nSPS) is 11.8. The summed E-state index contributed by atoms with van der Waals surface area (Å²) in [6, 6.07) is 4.95. The Balaban J connectivity index is 2.00. The van der Waals surface area contributed by atoms with Crippen molar-refractivity contribution in [2.24, 2.45) is 0 Å². The maximum absolute atomic E-state index is 12.1. The molecule has 0 aliphatic carbocycles. The second-order valence-electron chi connectivity index (χ2n) is 3.95. The monoisotopic (exact) mass is 297 g/mol. The van der Waals surface area contributed by atoms with E-state index in [1.807, 2.05) is 0 Å². The molecule has 3 aromatic rings. The number of rotatable bonds is 2.